The van der Waals surface area contributed by atoms with E-state index in [0.29, 0.717) is 18.1 Å². The highest BCUT2D eigenvalue weighted by Gasteiger charge is 2.21. The number of phenolic OH excluding ortho intramolecular Hbond substituents is 1. The monoisotopic (exact) mass is 349 g/mol. The largest absolute Gasteiger partial charge is 0.508 e. The molecule has 0 spiro atoms. The number of H-pyrrole nitrogens is 1. The van der Waals surface area contributed by atoms with Gasteiger partial charge < -0.3 is 21.5 Å². The Morgan fingerprint density at radius 2 is 1.88 bits per heavy atom. The third kappa shape index (κ3) is 2.63. The Kier molecular flexibility index (Phi) is 3.58. The molecule has 8 heteroatoms. The number of fused-ring (bicyclic) bond motifs is 1. The SMILES string of the molecule is Nc1n[nH]c2ccc(Nc3c(NCc4cccc(O)c4)c(=O)c3=O)cc12. The lowest BCUT2D eigenvalue weighted by Crippen LogP contribution is -2.36. The topological polar surface area (TPSA) is 133 Å². The van der Waals surface area contributed by atoms with E-state index < -0.39 is 10.9 Å². The van der Waals surface area contributed by atoms with Gasteiger partial charge in [-0.15, -0.1) is 0 Å². The molecule has 0 aliphatic rings. The van der Waals surface area contributed by atoms with Crippen LogP contribution in [0.1, 0.15) is 5.56 Å². The van der Waals surface area contributed by atoms with Crippen LogP contribution in [0.5, 0.6) is 5.75 Å². The normalized spacial score (nSPS) is 11.1. The summed E-state index contributed by atoms with van der Waals surface area (Å²) in [6, 6.07) is 12.0. The molecule has 0 bridgehead atoms. The number of hydrogen-bond donors (Lipinski definition) is 5. The summed E-state index contributed by atoms with van der Waals surface area (Å²) in [4.78, 5) is 23.8. The second kappa shape index (κ2) is 5.92. The molecule has 26 heavy (non-hydrogen) atoms. The van der Waals surface area contributed by atoms with Crippen LogP contribution >= 0.6 is 0 Å². The Bertz CT molecular complexity index is 1190. The van der Waals surface area contributed by atoms with Crippen molar-refractivity contribution in [2.45, 2.75) is 6.54 Å². The summed E-state index contributed by atoms with van der Waals surface area (Å²) < 4.78 is 0. The molecule has 0 aliphatic carbocycles. The summed E-state index contributed by atoms with van der Waals surface area (Å²) in [6.45, 7) is 0.307. The van der Waals surface area contributed by atoms with Gasteiger partial charge in [-0.3, -0.25) is 14.7 Å². The van der Waals surface area contributed by atoms with E-state index >= 15 is 0 Å². The average Bonchev–Trinajstić information content (AvgIpc) is 3.01. The van der Waals surface area contributed by atoms with Crippen LogP contribution in [0, 0.1) is 0 Å². The zero-order valence-electron chi connectivity index (χ0n) is 13.5. The molecular formula is C18H15N5O3. The molecule has 1 heterocycles. The van der Waals surface area contributed by atoms with Gasteiger partial charge in [0.2, 0.25) is 0 Å². The van der Waals surface area contributed by atoms with Crippen molar-refractivity contribution in [3.63, 3.8) is 0 Å². The van der Waals surface area contributed by atoms with Crippen molar-refractivity contribution in [1.82, 2.24) is 10.2 Å². The van der Waals surface area contributed by atoms with Gasteiger partial charge in [0.25, 0.3) is 10.9 Å². The molecule has 0 saturated heterocycles. The zero-order chi connectivity index (χ0) is 18.3. The van der Waals surface area contributed by atoms with Gasteiger partial charge in [-0.25, -0.2) is 0 Å². The molecule has 0 amide bonds. The highest BCUT2D eigenvalue weighted by Crippen LogP contribution is 2.26. The molecule has 130 valence electrons. The van der Waals surface area contributed by atoms with Crippen molar-refractivity contribution < 1.29 is 5.11 Å². The fourth-order valence-corrected chi connectivity index (χ4v) is 2.79. The van der Waals surface area contributed by atoms with Crippen molar-refractivity contribution >= 4 is 33.8 Å². The lowest BCUT2D eigenvalue weighted by molar-refractivity contribution is 0.474. The molecular weight excluding hydrogens is 334 g/mol. The van der Waals surface area contributed by atoms with Crippen LogP contribution in [0.3, 0.4) is 0 Å². The highest BCUT2D eigenvalue weighted by atomic mass is 16.3. The number of aromatic hydroxyl groups is 1. The quantitative estimate of drug-likeness (QED) is 0.347. The van der Waals surface area contributed by atoms with Crippen molar-refractivity contribution in [2.24, 2.45) is 0 Å². The van der Waals surface area contributed by atoms with E-state index in [1.165, 1.54) is 0 Å². The third-order valence-corrected chi connectivity index (χ3v) is 4.15. The molecule has 0 saturated carbocycles. The van der Waals surface area contributed by atoms with Crippen molar-refractivity contribution in [3.05, 3.63) is 68.5 Å². The van der Waals surface area contributed by atoms with Crippen molar-refractivity contribution in [2.75, 3.05) is 16.4 Å². The number of nitrogens with two attached hydrogens (primary N) is 1. The van der Waals surface area contributed by atoms with Crippen LogP contribution in [-0.2, 0) is 6.54 Å². The first-order valence-corrected chi connectivity index (χ1v) is 7.88. The van der Waals surface area contributed by atoms with Gasteiger partial charge in [-0.1, -0.05) is 12.1 Å². The third-order valence-electron chi connectivity index (χ3n) is 4.15. The van der Waals surface area contributed by atoms with E-state index in [-0.39, 0.29) is 17.1 Å². The number of rotatable bonds is 5. The number of hydrogen-bond acceptors (Lipinski definition) is 7. The molecule has 8 nitrogen and oxygen atoms in total. The highest BCUT2D eigenvalue weighted by molar-refractivity contribution is 5.92. The number of aromatic nitrogens is 2. The van der Waals surface area contributed by atoms with Crippen LogP contribution in [0.15, 0.2) is 52.1 Å². The maximum Gasteiger partial charge on any atom is 0.253 e. The van der Waals surface area contributed by atoms with Gasteiger partial charge in [0.1, 0.15) is 17.1 Å². The summed E-state index contributed by atoms with van der Waals surface area (Å²) >= 11 is 0. The van der Waals surface area contributed by atoms with E-state index in [1.54, 1.807) is 42.5 Å². The fraction of sp³-hybridized carbons (Fsp3) is 0.0556. The van der Waals surface area contributed by atoms with E-state index in [9.17, 15) is 14.7 Å². The number of nitrogens with zero attached hydrogens (tertiary/aromatic N) is 1. The Hall–Kier alpha value is -3.81. The van der Waals surface area contributed by atoms with Gasteiger partial charge >= 0.3 is 0 Å². The van der Waals surface area contributed by atoms with Crippen molar-refractivity contribution in [1.29, 1.82) is 0 Å². The molecule has 3 aromatic carbocycles. The summed E-state index contributed by atoms with van der Waals surface area (Å²) in [6.07, 6.45) is 0. The molecule has 1 aromatic heterocycles. The van der Waals surface area contributed by atoms with Gasteiger partial charge in [0, 0.05) is 17.6 Å². The van der Waals surface area contributed by atoms with E-state index in [0.717, 1.165) is 16.5 Å². The molecule has 0 aliphatic heterocycles. The van der Waals surface area contributed by atoms with Crippen LogP contribution in [0.25, 0.3) is 10.9 Å². The maximum absolute atomic E-state index is 11.9. The van der Waals surface area contributed by atoms with Crippen molar-refractivity contribution in [3.8, 4) is 5.75 Å². The summed E-state index contributed by atoms with van der Waals surface area (Å²) in [5.74, 6) is 0.495. The van der Waals surface area contributed by atoms with E-state index in [4.69, 9.17) is 5.73 Å². The zero-order valence-corrected chi connectivity index (χ0v) is 13.5. The lowest BCUT2D eigenvalue weighted by atomic mass is 10.1. The predicted octanol–water partition coefficient (Wildman–Crippen LogP) is 1.80. The molecule has 4 aromatic rings. The Morgan fingerprint density at radius 1 is 1.08 bits per heavy atom. The first kappa shape index (κ1) is 15.7. The number of nitrogens with one attached hydrogen (secondary N) is 3. The fourth-order valence-electron chi connectivity index (χ4n) is 2.79. The van der Waals surface area contributed by atoms with Gasteiger partial charge in [0.15, 0.2) is 5.82 Å². The molecule has 0 unspecified atom stereocenters. The number of aromatic amines is 1. The van der Waals surface area contributed by atoms with Gasteiger partial charge in [-0.2, -0.15) is 5.10 Å². The minimum Gasteiger partial charge on any atom is -0.508 e. The molecule has 0 radical (unpaired) electrons. The van der Waals surface area contributed by atoms with E-state index in [1.807, 2.05) is 0 Å². The summed E-state index contributed by atoms with van der Waals surface area (Å²) in [7, 11) is 0. The Morgan fingerprint density at radius 3 is 2.69 bits per heavy atom. The molecule has 6 N–H and O–H groups in total. The average molecular weight is 349 g/mol. The number of nitrogen functional groups attached to an aromatic ring is 1. The minimum atomic E-state index is -0.580. The first-order valence-electron chi connectivity index (χ1n) is 7.88. The molecule has 4 rings (SSSR count). The van der Waals surface area contributed by atoms with Crippen LogP contribution in [0.4, 0.5) is 22.9 Å². The molecule has 0 fully saturated rings. The number of phenols is 1. The van der Waals surface area contributed by atoms with Crippen LogP contribution in [-0.4, -0.2) is 15.3 Å². The predicted molar refractivity (Wildman–Crippen MR) is 101 cm³/mol. The summed E-state index contributed by atoms with van der Waals surface area (Å²) in [5, 5.41) is 22.8. The Labute approximate surface area is 147 Å². The van der Waals surface area contributed by atoms with Gasteiger partial charge in [-0.05, 0) is 35.9 Å². The second-order valence-corrected chi connectivity index (χ2v) is 5.93. The van der Waals surface area contributed by atoms with Gasteiger partial charge in [0.05, 0.1) is 5.52 Å². The molecule has 0 atom stereocenters. The number of anilines is 4. The minimum absolute atomic E-state index is 0.138. The smallest absolute Gasteiger partial charge is 0.253 e. The number of benzene rings is 2. The first-order chi connectivity index (χ1) is 12.5. The summed E-state index contributed by atoms with van der Waals surface area (Å²) in [5.41, 5.74) is 7.25. The standard InChI is InChI=1S/C18H15N5O3/c19-18-12-7-10(4-5-13(12)22-23-18)21-15-14(16(25)17(15)26)20-8-9-2-1-3-11(24)6-9/h1-7,20-21,24H,8H2,(H3,19,22,23). The van der Waals surface area contributed by atoms with E-state index in [2.05, 4.69) is 20.8 Å². The van der Waals surface area contributed by atoms with Crippen LogP contribution in [0.2, 0.25) is 0 Å². The Balaban J connectivity index is 1.57. The maximum atomic E-state index is 11.9. The lowest BCUT2D eigenvalue weighted by Gasteiger charge is -2.15. The van der Waals surface area contributed by atoms with Crippen LogP contribution < -0.4 is 27.2 Å². The second-order valence-electron chi connectivity index (χ2n) is 5.93.